The monoisotopic (exact) mass is 227 g/mol. The van der Waals surface area contributed by atoms with Gasteiger partial charge in [-0.05, 0) is 37.4 Å². The molecule has 1 atom stereocenters. The van der Waals surface area contributed by atoms with E-state index in [9.17, 15) is 4.91 Å². The van der Waals surface area contributed by atoms with Gasteiger partial charge in [0, 0.05) is 13.1 Å². The van der Waals surface area contributed by atoms with Crippen molar-refractivity contribution in [1.29, 1.82) is 0 Å². The maximum atomic E-state index is 9.83. The lowest BCUT2D eigenvalue weighted by Crippen LogP contribution is -2.38. The highest BCUT2D eigenvalue weighted by Crippen LogP contribution is 2.15. The van der Waals surface area contributed by atoms with Crippen LogP contribution in [0.1, 0.15) is 19.3 Å². The Morgan fingerprint density at radius 2 is 2.40 bits per heavy atom. The summed E-state index contributed by atoms with van der Waals surface area (Å²) in [5, 5.41) is 9.42. The van der Waals surface area contributed by atoms with Gasteiger partial charge in [-0.2, -0.15) is 4.91 Å². The number of hydrogen-bond donors (Lipinski definition) is 2. The maximum Gasteiger partial charge on any atom is 0.166 e. The molecule has 0 aromatic rings. The van der Waals surface area contributed by atoms with Crippen LogP contribution in [-0.2, 0) is 0 Å². The molecule has 1 unspecified atom stereocenters. The van der Waals surface area contributed by atoms with E-state index in [0.29, 0.717) is 17.6 Å². The molecular formula is C10H17N3OS. The van der Waals surface area contributed by atoms with Crippen molar-refractivity contribution >= 4 is 17.3 Å². The molecule has 0 aromatic heterocycles. The molecular weight excluding hydrogens is 210 g/mol. The molecule has 0 aromatic carbocycles. The number of hydrogen-bond acceptors (Lipinski definition) is 3. The second-order valence-electron chi connectivity index (χ2n) is 3.61. The molecule has 2 N–H and O–H groups in total. The van der Waals surface area contributed by atoms with Crippen LogP contribution in [0.3, 0.4) is 0 Å². The lowest BCUT2D eigenvalue weighted by atomic mass is 9.96. The van der Waals surface area contributed by atoms with Crippen molar-refractivity contribution in [3.05, 3.63) is 17.1 Å². The molecule has 0 fully saturated rings. The van der Waals surface area contributed by atoms with E-state index in [2.05, 4.69) is 28.0 Å². The van der Waals surface area contributed by atoms with Gasteiger partial charge < -0.3 is 10.6 Å². The molecule has 0 spiro atoms. The number of allylic oxidation sites excluding steroid dienone is 1. The van der Waals surface area contributed by atoms with Gasteiger partial charge in [-0.15, -0.1) is 0 Å². The summed E-state index contributed by atoms with van der Waals surface area (Å²) in [7, 11) is 0. The van der Waals surface area contributed by atoms with Gasteiger partial charge in [0.15, 0.2) is 5.11 Å². The average Bonchev–Trinajstić information content (AvgIpc) is 2.28. The third-order valence-electron chi connectivity index (χ3n) is 2.37. The molecule has 0 aliphatic heterocycles. The highest BCUT2D eigenvalue weighted by molar-refractivity contribution is 7.80. The minimum atomic E-state index is 0.255. The topological polar surface area (TPSA) is 53.5 Å². The summed E-state index contributed by atoms with van der Waals surface area (Å²) in [6.45, 7) is 1.64. The maximum absolute atomic E-state index is 9.83. The van der Waals surface area contributed by atoms with Gasteiger partial charge in [-0.3, -0.25) is 0 Å². The van der Waals surface area contributed by atoms with E-state index in [1.807, 2.05) is 0 Å². The molecule has 0 heterocycles. The lowest BCUT2D eigenvalue weighted by molar-refractivity contribution is 0.529. The van der Waals surface area contributed by atoms with Crippen molar-refractivity contribution in [2.24, 2.45) is 11.1 Å². The first kappa shape index (κ1) is 12.1. The van der Waals surface area contributed by atoms with Crippen LogP contribution < -0.4 is 10.6 Å². The SMILES string of the molecule is O=NCCNC(=S)NCC1C=CCCC1. The van der Waals surface area contributed by atoms with Gasteiger partial charge in [0.25, 0.3) is 0 Å². The first-order valence-corrected chi connectivity index (χ1v) is 5.71. The van der Waals surface area contributed by atoms with Crippen LogP contribution in [0.2, 0.25) is 0 Å². The van der Waals surface area contributed by atoms with Crippen molar-refractivity contribution in [2.45, 2.75) is 19.3 Å². The van der Waals surface area contributed by atoms with Crippen LogP contribution in [0, 0.1) is 10.8 Å². The van der Waals surface area contributed by atoms with E-state index in [1.165, 1.54) is 19.3 Å². The third-order valence-corrected chi connectivity index (χ3v) is 2.66. The number of nitroso groups, excluding NO2 is 1. The number of thiocarbonyl (C=S) groups is 1. The Morgan fingerprint density at radius 3 is 3.07 bits per heavy atom. The predicted octanol–water partition coefficient (Wildman–Crippen LogP) is 1.57. The Balaban J connectivity index is 2.07. The molecule has 1 aliphatic carbocycles. The van der Waals surface area contributed by atoms with E-state index in [4.69, 9.17) is 12.2 Å². The second-order valence-corrected chi connectivity index (χ2v) is 4.02. The third kappa shape index (κ3) is 5.47. The largest absolute Gasteiger partial charge is 0.362 e. The fourth-order valence-electron chi connectivity index (χ4n) is 1.55. The molecule has 0 radical (unpaired) electrons. The standard InChI is InChI=1S/C10H17N3OS/c14-13-7-6-11-10(15)12-8-9-4-2-1-3-5-9/h2,4,9H,1,3,5-8H2,(H2,11,12,15). The van der Waals surface area contributed by atoms with Gasteiger partial charge in [0.1, 0.15) is 0 Å². The highest BCUT2D eigenvalue weighted by atomic mass is 32.1. The summed E-state index contributed by atoms with van der Waals surface area (Å²) in [6.07, 6.45) is 8.15. The van der Waals surface area contributed by atoms with Crippen molar-refractivity contribution in [2.75, 3.05) is 19.6 Å². The molecule has 15 heavy (non-hydrogen) atoms. The number of rotatable bonds is 5. The van der Waals surface area contributed by atoms with Gasteiger partial charge in [0.05, 0.1) is 6.54 Å². The molecule has 5 heteroatoms. The van der Waals surface area contributed by atoms with Crippen LogP contribution in [-0.4, -0.2) is 24.7 Å². The molecule has 1 rings (SSSR count). The number of nitrogens with zero attached hydrogens (tertiary/aromatic N) is 1. The first-order chi connectivity index (χ1) is 7.33. The van der Waals surface area contributed by atoms with Crippen molar-refractivity contribution in [3.63, 3.8) is 0 Å². The summed E-state index contributed by atoms with van der Waals surface area (Å²) in [6, 6.07) is 0. The lowest BCUT2D eigenvalue weighted by Gasteiger charge is -2.18. The highest BCUT2D eigenvalue weighted by Gasteiger charge is 2.08. The zero-order valence-corrected chi connectivity index (χ0v) is 9.55. The van der Waals surface area contributed by atoms with Gasteiger partial charge in [0.2, 0.25) is 0 Å². The molecule has 0 saturated carbocycles. The molecule has 4 nitrogen and oxygen atoms in total. The van der Waals surface area contributed by atoms with E-state index in [0.717, 1.165) is 6.54 Å². The van der Waals surface area contributed by atoms with E-state index in [-0.39, 0.29) is 6.54 Å². The Hall–Kier alpha value is -0.970. The van der Waals surface area contributed by atoms with E-state index >= 15 is 0 Å². The summed E-state index contributed by atoms with van der Waals surface area (Å²) < 4.78 is 0. The van der Waals surface area contributed by atoms with Crippen LogP contribution >= 0.6 is 12.2 Å². The first-order valence-electron chi connectivity index (χ1n) is 5.30. The molecule has 0 amide bonds. The summed E-state index contributed by atoms with van der Waals surface area (Å²) in [4.78, 5) is 9.83. The Kier molecular flexibility index (Phi) is 5.92. The minimum Gasteiger partial charge on any atom is -0.362 e. The summed E-state index contributed by atoms with van der Waals surface area (Å²) in [5.41, 5.74) is 0. The fourth-order valence-corrected chi connectivity index (χ4v) is 1.74. The molecule has 1 aliphatic rings. The van der Waals surface area contributed by atoms with Gasteiger partial charge in [-0.25, -0.2) is 0 Å². The Labute approximate surface area is 95.5 Å². The number of nitrogens with one attached hydrogen (secondary N) is 2. The van der Waals surface area contributed by atoms with Crippen LogP contribution in [0.15, 0.2) is 17.3 Å². The van der Waals surface area contributed by atoms with Crippen molar-refractivity contribution in [3.8, 4) is 0 Å². The molecule has 0 bridgehead atoms. The van der Waals surface area contributed by atoms with Crippen LogP contribution in [0.25, 0.3) is 0 Å². The quantitative estimate of drug-likeness (QED) is 0.324. The van der Waals surface area contributed by atoms with Crippen molar-refractivity contribution < 1.29 is 0 Å². The van der Waals surface area contributed by atoms with Crippen molar-refractivity contribution in [1.82, 2.24) is 10.6 Å². The van der Waals surface area contributed by atoms with Crippen LogP contribution in [0.4, 0.5) is 0 Å². The van der Waals surface area contributed by atoms with E-state index < -0.39 is 0 Å². The van der Waals surface area contributed by atoms with Gasteiger partial charge in [-0.1, -0.05) is 17.3 Å². The average molecular weight is 227 g/mol. The zero-order valence-electron chi connectivity index (χ0n) is 8.74. The van der Waals surface area contributed by atoms with Crippen LogP contribution in [0.5, 0.6) is 0 Å². The summed E-state index contributed by atoms with van der Waals surface area (Å²) >= 11 is 5.05. The predicted molar refractivity (Wildman–Crippen MR) is 65.7 cm³/mol. The minimum absolute atomic E-state index is 0.255. The Bertz CT molecular complexity index is 243. The molecule has 84 valence electrons. The van der Waals surface area contributed by atoms with E-state index in [1.54, 1.807) is 0 Å². The summed E-state index contributed by atoms with van der Waals surface area (Å²) in [5.74, 6) is 0.586. The smallest absolute Gasteiger partial charge is 0.166 e. The zero-order chi connectivity index (χ0) is 10.9. The normalized spacial score (nSPS) is 19.6. The molecule has 0 saturated heterocycles. The van der Waals surface area contributed by atoms with Gasteiger partial charge >= 0.3 is 0 Å². The second kappa shape index (κ2) is 7.34. The fraction of sp³-hybridized carbons (Fsp3) is 0.700. The Morgan fingerprint density at radius 1 is 1.53 bits per heavy atom.